The molecule has 1 unspecified atom stereocenters. The van der Waals surface area contributed by atoms with Gasteiger partial charge in [-0.25, -0.2) is 0 Å². The lowest BCUT2D eigenvalue weighted by molar-refractivity contribution is -0.213. The first-order valence-corrected chi connectivity index (χ1v) is 7.01. The van der Waals surface area contributed by atoms with Crippen molar-refractivity contribution in [3.8, 4) is 5.75 Å². The number of alkyl halides is 3. The molecule has 1 aliphatic rings. The van der Waals surface area contributed by atoms with E-state index >= 15 is 0 Å². The minimum atomic E-state index is -4.60. The summed E-state index contributed by atoms with van der Waals surface area (Å²) >= 11 is 3.21. The molecule has 1 saturated heterocycles. The first-order valence-electron chi connectivity index (χ1n) is 6.22. The summed E-state index contributed by atoms with van der Waals surface area (Å²) in [7, 11) is 1.44. The maximum absolute atomic E-state index is 13.3. The third-order valence-corrected chi connectivity index (χ3v) is 3.96. The minimum Gasteiger partial charge on any atom is -0.497 e. The van der Waals surface area contributed by atoms with E-state index in [0.29, 0.717) is 10.2 Å². The molecule has 1 amide bonds. The summed E-state index contributed by atoms with van der Waals surface area (Å²) in [6, 6.07) is 4.63. The molecule has 116 valence electrons. The fourth-order valence-electron chi connectivity index (χ4n) is 2.26. The number of carbonyl (C=O) groups is 1. The Balaban J connectivity index is 2.26. The van der Waals surface area contributed by atoms with Crippen LogP contribution < -0.4 is 15.4 Å². The molecule has 1 aromatic rings. The fourth-order valence-corrected chi connectivity index (χ4v) is 2.73. The molecular formula is C13H14BrF3N2O2. The van der Waals surface area contributed by atoms with Crippen molar-refractivity contribution in [2.24, 2.45) is 5.41 Å². The molecule has 0 saturated carbocycles. The molecule has 0 spiro atoms. The van der Waals surface area contributed by atoms with Crippen LogP contribution in [-0.2, 0) is 4.79 Å². The van der Waals surface area contributed by atoms with Crippen LogP contribution in [0.4, 0.5) is 18.9 Å². The van der Waals surface area contributed by atoms with Gasteiger partial charge in [0.1, 0.15) is 5.75 Å². The number of rotatable bonds is 3. The van der Waals surface area contributed by atoms with Crippen LogP contribution >= 0.6 is 15.9 Å². The van der Waals surface area contributed by atoms with E-state index < -0.39 is 24.0 Å². The van der Waals surface area contributed by atoms with Crippen molar-refractivity contribution in [1.29, 1.82) is 0 Å². The standard InChI is InChI=1S/C13H14BrF3N2O2/c1-21-10-5-8(14)4-9(6-10)19-11(20)12(13(15,16)17)2-3-18-7-12/h4-6,18H,2-3,7H2,1H3,(H,19,20). The van der Waals surface area contributed by atoms with E-state index in [4.69, 9.17) is 4.74 Å². The number of nitrogens with one attached hydrogen (secondary N) is 2. The van der Waals surface area contributed by atoms with Crippen molar-refractivity contribution >= 4 is 27.5 Å². The Kier molecular flexibility index (Phi) is 4.48. The molecule has 1 atom stereocenters. The Hall–Kier alpha value is -1.28. The highest BCUT2D eigenvalue weighted by Crippen LogP contribution is 2.44. The molecule has 1 aliphatic heterocycles. The van der Waals surface area contributed by atoms with Crippen LogP contribution in [0.1, 0.15) is 6.42 Å². The van der Waals surface area contributed by atoms with Gasteiger partial charge in [0.05, 0.1) is 7.11 Å². The Morgan fingerprint density at radius 2 is 2.14 bits per heavy atom. The highest BCUT2D eigenvalue weighted by molar-refractivity contribution is 9.10. The summed E-state index contributed by atoms with van der Waals surface area (Å²) in [5.74, 6) is -0.620. The van der Waals surface area contributed by atoms with Gasteiger partial charge < -0.3 is 15.4 Å². The first kappa shape index (κ1) is 16.1. The van der Waals surface area contributed by atoms with Gasteiger partial charge in [0.15, 0.2) is 5.41 Å². The van der Waals surface area contributed by atoms with Crippen LogP contribution in [0, 0.1) is 5.41 Å². The van der Waals surface area contributed by atoms with Crippen molar-refractivity contribution in [2.45, 2.75) is 12.6 Å². The molecule has 0 aliphatic carbocycles. The number of ether oxygens (including phenoxy) is 1. The number of hydrogen-bond acceptors (Lipinski definition) is 3. The van der Waals surface area contributed by atoms with Gasteiger partial charge in [-0.15, -0.1) is 0 Å². The van der Waals surface area contributed by atoms with Gasteiger partial charge in [0.2, 0.25) is 5.91 Å². The lowest BCUT2D eigenvalue weighted by Gasteiger charge is -2.29. The molecular weight excluding hydrogens is 353 g/mol. The SMILES string of the molecule is COc1cc(Br)cc(NC(=O)C2(C(F)(F)F)CCNC2)c1. The lowest BCUT2D eigenvalue weighted by Crippen LogP contribution is -2.49. The predicted octanol–water partition coefficient (Wildman–Crippen LogP) is 2.94. The van der Waals surface area contributed by atoms with Crippen LogP contribution in [0.3, 0.4) is 0 Å². The topological polar surface area (TPSA) is 50.4 Å². The van der Waals surface area contributed by atoms with E-state index in [0.717, 1.165) is 0 Å². The van der Waals surface area contributed by atoms with Gasteiger partial charge in [0.25, 0.3) is 0 Å². The van der Waals surface area contributed by atoms with Crippen molar-refractivity contribution in [3.63, 3.8) is 0 Å². The van der Waals surface area contributed by atoms with E-state index in [2.05, 4.69) is 26.6 Å². The van der Waals surface area contributed by atoms with Gasteiger partial charge in [-0.05, 0) is 25.1 Å². The molecule has 4 nitrogen and oxygen atoms in total. The van der Waals surface area contributed by atoms with E-state index in [-0.39, 0.29) is 18.7 Å². The van der Waals surface area contributed by atoms with Gasteiger partial charge >= 0.3 is 6.18 Å². The van der Waals surface area contributed by atoms with Gasteiger partial charge in [-0.2, -0.15) is 13.2 Å². The molecule has 0 radical (unpaired) electrons. The smallest absolute Gasteiger partial charge is 0.404 e. The number of anilines is 1. The molecule has 2 N–H and O–H groups in total. The van der Waals surface area contributed by atoms with E-state index in [1.54, 1.807) is 6.07 Å². The quantitative estimate of drug-likeness (QED) is 0.864. The minimum absolute atomic E-state index is 0.161. The van der Waals surface area contributed by atoms with E-state index in [9.17, 15) is 18.0 Å². The largest absolute Gasteiger partial charge is 0.497 e. The summed E-state index contributed by atoms with van der Waals surface area (Å²) in [5.41, 5.74) is -2.13. The number of hydrogen-bond donors (Lipinski definition) is 2. The Labute approximate surface area is 128 Å². The molecule has 8 heteroatoms. The van der Waals surface area contributed by atoms with Crippen molar-refractivity contribution in [1.82, 2.24) is 5.32 Å². The summed E-state index contributed by atoms with van der Waals surface area (Å²) < 4.78 is 45.4. The third kappa shape index (κ3) is 3.16. The normalized spacial score (nSPS) is 22.1. The Morgan fingerprint density at radius 3 is 2.67 bits per heavy atom. The van der Waals surface area contributed by atoms with Crippen molar-refractivity contribution in [2.75, 3.05) is 25.5 Å². The van der Waals surface area contributed by atoms with Crippen LogP contribution in [0.25, 0.3) is 0 Å². The molecule has 1 fully saturated rings. The Morgan fingerprint density at radius 1 is 1.43 bits per heavy atom. The summed E-state index contributed by atoms with van der Waals surface area (Å²) in [6.45, 7) is -0.248. The van der Waals surface area contributed by atoms with Crippen molar-refractivity contribution in [3.05, 3.63) is 22.7 Å². The summed E-state index contributed by atoms with van der Waals surface area (Å²) in [4.78, 5) is 12.2. The highest BCUT2D eigenvalue weighted by atomic mass is 79.9. The van der Waals surface area contributed by atoms with E-state index in [1.807, 2.05) is 0 Å². The fraction of sp³-hybridized carbons (Fsp3) is 0.462. The second kappa shape index (κ2) is 5.84. The average Bonchev–Trinajstić information content (AvgIpc) is 2.88. The van der Waals surface area contributed by atoms with Gasteiger partial charge in [-0.1, -0.05) is 15.9 Å². The number of benzene rings is 1. The van der Waals surface area contributed by atoms with Crippen LogP contribution in [0.15, 0.2) is 22.7 Å². The molecule has 0 bridgehead atoms. The lowest BCUT2D eigenvalue weighted by atomic mass is 9.85. The van der Waals surface area contributed by atoms with Gasteiger partial charge in [-0.3, -0.25) is 4.79 Å². The summed E-state index contributed by atoms with van der Waals surface area (Å²) in [5, 5.41) is 4.94. The van der Waals surface area contributed by atoms with E-state index in [1.165, 1.54) is 19.2 Å². The Bertz CT molecular complexity index is 543. The first-order chi connectivity index (χ1) is 9.78. The van der Waals surface area contributed by atoms with Crippen LogP contribution in [0.2, 0.25) is 0 Å². The number of methoxy groups -OCH3 is 1. The third-order valence-electron chi connectivity index (χ3n) is 3.50. The van der Waals surface area contributed by atoms with Gasteiger partial charge in [0, 0.05) is 22.8 Å². The second-order valence-electron chi connectivity index (χ2n) is 4.84. The molecule has 0 aromatic heterocycles. The zero-order valence-corrected chi connectivity index (χ0v) is 12.8. The predicted molar refractivity (Wildman–Crippen MR) is 75.3 cm³/mol. The maximum Gasteiger partial charge on any atom is 0.404 e. The monoisotopic (exact) mass is 366 g/mol. The van der Waals surface area contributed by atoms with Crippen LogP contribution in [-0.4, -0.2) is 32.3 Å². The van der Waals surface area contributed by atoms with Crippen molar-refractivity contribution < 1.29 is 22.7 Å². The molecule has 1 heterocycles. The number of halogens is 4. The highest BCUT2D eigenvalue weighted by Gasteiger charge is 2.61. The molecule has 1 aromatic carbocycles. The molecule has 2 rings (SSSR count). The number of carbonyl (C=O) groups excluding carboxylic acids is 1. The number of amides is 1. The maximum atomic E-state index is 13.3. The molecule has 21 heavy (non-hydrogen) atoms. The zero-order valence-electron chi connectivity index (χ0n) is 11.2. The van der Waals surface area contributed by atoms with Crippen LogP contribution in [0.5, 0.6) is 5.75 Å². The second-order valence-corrected chi connectivity index (χ2v) is 5.76. The zero-order chi connectivity index (χ0) is 15.7. The summed E-state index contributed by atoms with van der Waals surface area (Å²) in [6.07, 6.45) is -4.87. The average molecular weight is 367 g/mol.